The van der Waals surface area contributed by atoms with E-state index in [1.807, 2.05) is 12.1 Å². The fourth-order valence-corrected chi connectivity index (χ4v) is 1.10. The van der Waals surface area contributed by atoms with Crippen LogP contribution in [-0.4, -0.2) is 12.5 Å². The molecule has 0 saturated carbocycles. The highest BCUT2D eigenvalue weighted by Crippen LogP contribution is 2.03. The number of nitrogens with one attached hydrogen (secondary N) is 1. The minimum atomic E-state index is 0.0927. The Labute approximate surface area is 84.5 Å². The molecule has 1 amide bonds. The van der Waals surface area contributed by atoms with E-state index in [1.54, 1.807) is 6.26 Å². The van der Waals surface area contributed by atoms with E-state index in [2.05, 4.69) is 19.2 Å². The van der Waals surface area contributed by atoms with Crippen molar-refractivity contribution in [2.24, 2.45) is 5.92 Å². The summed E-state index contributed by atoms with van der Waals surface area (Å²) in [5.74, 6) is 1.46. The smallest absolute Gasteiger partial charge is 0.220 e. The fraction of sp³-hybridized carbons (Fsp3) is 0.545. The van der Waals surface area contributed by atoms with E-state index in [4.69, 9.17) is 4.42 Å². The van der Waals surface area contributed by atoms with Gasteiger partial charge in [0.25, 0.3) is 0 Å². The summed E-state index contributed by atoms with van der Waals surface area (Å²) < 4.78 is 5.13. The first-order valence-corrected chi connectivity index (χ1v) is 4.97. The number of aryl methyl sites for hydroxylation is 1. The van der Waals surface area contributed by atoms with Crippen molar-refractivity contribution in [3.8, 4) is 0 Å². The number of carbonyl (C=O) groups excluding carboxylic acids is 1. The third-order valence-corrected chi connectivity index (χ3v) is 1.89. The molecule has 14 heavy (non-hydrogen) atoms. The lowest BCUT2D eigenvalue weighted by Gasteiger charge is -2.06. The lowest BCUT2D eigenvalue weighted by Crippen LogP contribution is -2.27. The van der Waals surface area contributed by atoms with E-state index in [1.165, 1.54) is 0 Å². The van der Waals surface area contributed by atoms with Gasteiger partial charge >= 0.3 is 0 Å². The standard InChI is InChI=1S/C11H17NO2/c1-9(2)8-12-11(13)6-5-10-4-3-7-14-10/h3-4,7,9H,5-6,8H2,1-2H3,(H,12,13). The van der Waals surface area contributed by atoms with E-state index < -0.39 is 0 Å². The van der Waals surface area contributed by atoms with Gasteiger partial charge in [0, 0.05) is 19.4 Å². The maximum absolute atomic E-state index is 11.3. The Hall–Kier alpha value is -1.25. The minimum absolute atomic E-state index is 0.0927. The van der Waals surface area contributed by atoms with Crippen molar-refractivity contribution in [2.75, 3.05) is 6.54 Å². The molecule has 0 aromatic carbocycles. The molecule has 1 aromatic heterocycles. The maximum atomic E-state index is 11.3. The first-order chi connectivity index (χ1) is 6.68. The summed E-state index contributed by atoms with van der Waals surface area (Å²) in [7, 11) is 0. The third-order valence-electron chi connectivity index (χ3n) is 1.89. The van der Waals surface area contributed by atoms with Crippen LogP contribution in [0, 0.1) is 5.92 Å². The van der Waals surface area contributed by atoms with Gasteiger partial charge in [-0.3, -0.25) is 4.79 Å². The molecule has 1 N–H and O–H groups in total. The van der Waals surface area contributed by atoms with E-state index in [0.717, 1.165) is 12.3 Å². The Morgan fingerprint density at radius 1 is 1.57 bits per heavy atom. The molecular formula is C11H17NO2. The summed E-state index contributed by atoms with van der Waals surface area (Å²) in [5.41, 5.74) is 0. The highest BCUT2D eigenvalue weighted by molar-refractivity contribution is 5.76. The topological polar surface area (TPSA) is 42.2 Å². The minimum Gasteiger partial charge on any atom is -0.469 e. The predicted molar refractivity (Wildman–Crippen MR) is 54.9 cm³/mol. The second kappa shape index (κ2) is 5.47. The number of furan rings is 1. The van der Waals surface area contributed by atoms with Crippen molar-refractivity contribution in [3.05, 3.63) is 24.2 Å². The Morgan fingerprint density at radius 3 is 2.93 bits per heavy atom. The lowest BCUT2D eigenvalue weighted by molar-refractivity contribution is -0.121. The molecular weight excluding hydrogens is 178 g/mol. The van der Waals surface area contributed by atoms with Gasteiger partial charge in [-0.05, 0) is 18.1 Å². The molecule has 0 aliphatic rings. The van der Waals surface area contributed by atoms with E-state index in [-0.39, 0.29) is 5.91 Å². The molecule has 1 aromatic rings. The third kappa shape index (κ3) is 4.12. The highest BCUT2D eigenvalue weighted by atomic mass is 16.3. The van der Waals surface area contributed by atoms with Gasteiger partial charge in [0.2, 0.25) is 5.91 Å². The Bertz CT molecular complexity index is 265. The van der Waals surface area contributed by atoms with Crippen LogP contribution in [0.5, 0.6) is 0 Å². The number of carbonyl (C=O) groups is 1. The van der Waals surface area contributed by atoms with Gasteiger partial charge in [0.1, 0.15) is 5.76 Å². The van der Waals surface area contributed by atoms with Crippen molar-refractivity contribution >= 4 is 5.91 Å². The Kier molecular flexibility index (Phi) is 4.23. The number of rotatable bonds is 5. The monoisotopic (exact) mass is 195 g/mol. The van der Waals surface area contributed by atoms with Crippen molar-refractivity contribution in [2.45, 2.75) is 26.7 Å². The molecule has 0 fully saturated rings. The average molecular weight is 195 g/mol. The zero-order valence-electron chi connectivity index (χ0n) is 8.75. The first-order valence-electron chi connectivity index (χ1n) is 4.97. The fourth-order valence-electron chi connectivity index (χ4n) is 1.10. The van der Waals surface area contributed by atoms with Crippen LogP contribution in [0.25, 0.3) is 0 Å². The summed E-state index contributed by atoms with van der Waals surface area (Å²) >= 11 is 0. The Balaban J connectivity index is 2.15. The zero-order chi connectivity index (χ0) is 10.4. The maximum Gasteiger partial charge on any atom is 0.220 e. The summed E-state index contributed by atoms with van der Waals surface area (Å²) in [6.45, 7) is 4.90. The molecule has 3 nitrogen and oxygen atoms in total. The summed E-state index contributed by atoms with van der Waals surface area (Å²) in [5, 5.41) is 2.86. The zero-order valence-corrected chi connectivity index (χ0v) is 8.75. The van der Waals surface area contributed by atoms with Crippen LogP contribution in [0.15, 0.2) is 22.8 Å². The molecule has 0 saturated heterocycles. The normalized spacial score (nSPS) is 10.5. The van der Waals surface area contributed by atoms with Gasteiger partial charge in [0.05, 0.1) is 6.26 Å². The molecule has 3 heteroatoms. The number of hydrogen-bond acceptors (Lipinski definition) is 2. The van der Waals surface area contributed by atoms with Gasteiger partial charge in [-0.15, -0.1) is 0 Å². The molecule has 0 spiro atoms. The van der Waals surface area contributed by atoms with E-state index in [0.29, 0.717) is 18.8 Å². The molecule has 1 heterocycles. The lowest BCUT2D eigenvalue weighted by atomic mass is 10.2. The number of amides is 1. The van der Waals surface area contributed by atoms with Crippen LogP contribution in [0.2, 0.25) is 0 Å². The molecule has 0 aliphatic heterocycles. The van der Waals surface area contributed by atoms with Crippen molar-refractivity contribution in [1.82, 2.24) is 5.32 Å². The summed E-state index contributed by atoms with van der Waals surface area (Å²) in [6, 6.07) is 3.72. The molecule has 0 bridgehead atoms. The second-order valence-electron chi connectivity index (χ2n) is 3.78. The van der Waals surface area contributed by atoms with Crippen LogP contribution in [-0.2, 0) is 11.2 Å². The Morgan fingerprint density at radius 2 is 2.36 bits per heavy atom. The van der Waals surface area contributed by atoms with Crippen molar-refractivity contribution in [3.63, 3.8) is 0 Å². The summed E-state index contributed by atoms with van der Waals surface area (Å²) in [4.78, 5) is 11.3. The molecule has 78 valence electrons. The van der Waals surface area contributed by atoms with Crippen LogP contribution >= 0.6 is 0 Å². The van der Waals surface area contributed by atoms with Crippen LogP contribution < -0.4 is 5.32 Å². The van der Waals surface area contributed by atoms with E-state index in [9.17, 15) is 4.79 Å². The SMILES string of the molecule is CC(C)CNC(=O)CCc1ccco1. The predicted octanol–water partition coefficient (Wildman–Crippen LogP) is 1.98. The second-order valence-corrected chi connectivity index (χ2v) is 3.78. The molecule has 0 aliphatic carbocycles. The van der Waals surface area contributed by atoms with E-state index >= 15 is 0 Å². The average Bonchev–Trinajstić information content (AvgIpc) is 2.63. The summed E-state index contributed by atoms with van der Waals surface area (Å²) in [6.07, 6.45) is 2.80. The van der Waals surface area contributed by atoms with Gasteiger partial charge < -0.3 is 9.73 Å². The van der Waals surface area contributed by atoms with Gasteiger partial charge in [-0.1, -0.05) is 13.8 Å². The first kappa shape index (κ1) is 10.8. The molecule has 1 rings (SSSR count). The van der Waals surface area contributed by atoms with Crippen LogP contribution in [0.4, 0.5) is 0 Å². The number of hydrogen-bond donors (Lipinski definition) is 1. The van der Waals surface area contributed by atoms with Gasteiger partial charge in [0.15, 0.2) is 0 Å². The van der Waals surface area contributed by atoms with Crippen LogP contribution in [0.3, 0.4) is 0 Å². The van der Waals surface area contributed by atoms with Crippen LogP contribution in [0.1, 0.15) is 26.0 Å². The van der Waals surface area contributed by atoms with Gasteiger partial charge in [-0.25, -0.2) is 0 Å². The quantitative estimate of drug-likeness (QED) is 0.780. The molecule has 0 radical (unpaired) electrons. The van der Waals surface area contributed by atoms with Crippen molar-refractivity contribution in [1.29, 1.82) is 0 Å². The largest absolute Gasteiger partial charge is 0.469 e. The van der Waals surface area contributed by atoms with Gasteiger partial charge in [-0.2, -0.15) is 0 Å². The van der Waals surface area contributed by atoms with Crippen molar-refractivity contribution < 1.29 is 9.21 Å². The highest BCUT2D eigenvalue weighted by Gasteiger charge is 2.03. The molecule has 0 unspecified atom stereocenters. The molecule has 0 atom stereocenters.